The normalized spacial score (nSPS) is 18.8. The van der Waals surface area contributed by atoms with Crippen molar-refractivity contribution in [2.24, 2.45) is 0 Å². The zero-order valence-electron chi connectivity index (χ0n) is 21.9. The lowest BCUT2D eigenvalue weighted by Crippen LogP contribution is -2.29. The first-order chi connectivity index (χ1) is 20.0. The smallest absolute Gasteiger partial charge is 0.431 e. The number of nitrogens with one attached hydrogen (secondary N) is 1. The Balaban J connectivity index is 1.01. The van der Waals surface area contributed by atoms with E-state index in [0.717, 1.165) is 23.1 Å². The van der Waals surface area contributed by atoms with E-state index >= 15 is 0 Å². The molecule has 3 aromatic carbocycles. The summed E-state index contributed by atoms with van der Waals surface area (Å²) in [4.78, 5) is 41.2. The zero-order valence-corrected chi connectivity index (χ0v) is 21.9. The standard InChI is InChI=1S/C31H27N3O7/c35-25-16-28(34-14-13-27(33-30(34)37)32-29(36)19-7-2-1-3-8-19)41-26(25)18-40-31(38)39-17-21-10-6-12-23-22-11-5-4-9-20(22)15-24(21)23/h1-14,25-26,28,35H,15-18H2,(H,32,33,36,37)/t25-,26+,28+/m0/s1. The molecule has 10 nitrogen and oxygen atoms in total. The summed E-state index contributed by atoms with van der Waals surface area (Å²) in [5.41, 5.74) is 5.37. The van der Waals surface area contributed by atoms with E-state index in [1.807, 2.05) is 24.3 Å². The Kier molecular flexibility index (Phi) is 7.32. The molecule has 1 aliphatic carbocycles. The molecule has 0 spiro atoms. The molecule has 0 bridgehead atoms. The molecule has 2 aliphatic rings. The van der Waals surface area contributed by atoms with Crippen molar-refractivity contribution >= 4 is 17.9 Å². The van der Waals surface area contributed by atoms with Gasteiger partial charge in [-0.05, 0) is 52.4 Å². The number of aliphatic hydroxyl groups excluding tert-OH is 1. The van der Waals surface area contributed by atoms with E-state index in [4.69, 9.17) is 14.2 Å². The van der Waals surface area contributed by atoms with Crippen molar-refractivity contribution in [3.8, 4) is 11.1 Å². The molecule has 4 aromatic rings. The van der Waals surface area contributed by atoms with Gasteiger partial charge in [-0.2, -0.15) is 4.98 Å². The number of ether oxygens (including phenoxy) is 3. The SMILES string of the molecule is O=C(OCc1cccc2c1Cc1ccccc1-2)OC[C@H]1O[C@@H](n2ccc(NC(=O)c3ccccc3)nc2=O)C[C@@H]1O. The number of carbonyl (C=O) groups is 2. The Hall–Kier alpha value is -4.80. The number of hydrogen-bond acceptors (Lipinski definition) is 8. The highest BCUT2D eigenvalue weighted by atomic mass is 16.7. The molecule has 41 heavy (non-hydrogen) atoms. The molecule has 10 heteroatoms. The van der Waals surface area contributed by atoms with E-state index < -0.39 is 36.2 Å². The van der Waals surface area contributed by atoms with Crippen LogP contribution in [0.5, 0.6) is 0 Å². The molecule has 6 rings (SSSR count). The van der Waals surface area contributed by atoms with Gasteiger partial charge in [-0.1, -0.05) is 60.7 Å². The van der Waals surface area contributed by atoms with Gasteiger partial charge in [-0.15, -0.1) is 0 Å². The van der Waals surface area contributed by atoms with Crippen LogP contribution in [0.25, 0.3) is 11.1 Å². The highest BCUT2D eigenvalue weighted by molar-refractivity contribution is 6.03. The van der Waals surface area contributed by atoms with Crippen LogP contribution in [0, 0.1) is 0 Å². The van der Waals surface area contributed by atoms with Crippen LogP contribution in [-0.2, 0) is 27.2 Å². The van der Waals surface area contributed by atoms with Crippen molar-refractivity contribution in [1.82, 2.24) is 9.55 Å². The Labute approximate surface area is 235 Å². The number of rotatable bonds is 7. The van der Waals surface area contributed by atoms with Crippen molar-refractivity contribution in [3.05, 3.63) is 118 Å². The second-order valence-electron chi connectivity index (χ2n) is 9.88. The van der Waals surface area contributed by atoms with Crippen LogP contribution in [0.1, 0.15) is 39.7 Å². The fourth-order valence-electron chi connectivity index (χ4n) is 5.20. The van der Waals surface area contributed by atoms with Crippen molar-refractivity contribution in [2.45, 2.75) is 37.9 Å². The van der Waals surface area contributed by atoms with Gasteiger partial charge in [-0.25, -0.2) is 9.59 Å². The highest BCUT2D eigenvalue weighted by Gasteiger charge is 2.36. The molecular formula is C31H27N3O7. The van der Waals surface area contributed by atoms with Crippen LogP contribution < -0.4 is 11.0 Å². The predicted molar refractivity (Wildman–Crippen MR) is 148 cm³/mol. The summed E-state index contributed by atoms with van der Waals surface area (Å²) in [5.74, 6) is -0.303. The zero-order chi connectivity index (χ0) is 28.3. The lowest BCUT2D eigenvalue weighted by atomic mass is 10.0. The predicted octanol–water partition coefficient (Wildman–Crippen LogP) is 4.07. The minimum Gasteiger partial charge on any atom is -0.431 e. The maximum absolute atomic E-state index is 12.6. The molecule has 0 radical (unpaired) electrons. The molecule has 2 N–H and O–H groups in total. The first-order valence-corrected chi connectivity index (χ1v) is 13.2. The number of benzene rings is 3. The topological polar surface area (TPSA) is 129 Å². The van der Waals surface area contributed by atoms with Crippen molar-refractivity contribution in [1.29, 1.82) is 0 Å². The molecule has 208 valence electrons. The number of nitrogens with zero attached hydrogens (tertiary/aromatic N) is 2. The van der Waals surface area contributed by atoms with Crippen molar-refractivity contribution in [2.75, 3.05) is 11.9 Å². The molecular weight excluding hydrogens is 526 g/mol. The third-order valence-electron chi connectivity index (χ3n) is 7.28. The van der Waals surface area contributed by atoms with Crippen molar-refractivity contribution in [3.63, 3.8) is 0 Å². The third kappa shape index (κ3) is 5.60. The molecule has 1 amide bonds. The molecule has 1 aromatic heterocycles. The van der Waals surface area contributed by atoms with E-state index in [1.54, 1.807) is 30.3 Å². The van der Waals surface area contributed by atoms with Gasteiger partial charge in [0.1, 0.15) is 31.4 Å². The third-order valence-corrected chi connectivity index (χ3v) is 7.28. The summed E-state index contributed by atoms with van der Waals surface area (Å²) in [6.07, 6.45) is -1.23. The van der Waals surface area contributed by atoms with E-state index in [2.05, 4.69) is 28.5 Å². The minimum atomic E-state index is -0.979. The number of hydrogen-bond donors (Lipinski definition) is 2. The summed E-state index contributed by atoms with van der Waals surface area (Å²) < 4.78 is 17.6. The summed E-state index contributed by atoms with van der Waals surface area (Å²) >= 11 is 0. The number of amides is 1. The van der Waals surface area contributed by atoms with E-state index in [-0.39, 0.29) is 25.5 Å². The van der Waals surface area contributed by atoms with Crippen LogP contribution in [0.4, 0.5) is 10.6 Å². The van der Waals surface area contributed by atoms with Crippen LogP contribution in [-0.4, -0.2) is 45.5 Å². The molecule has 1 aliphatic heterocycles. The lowest BCUT2D eigenvalue weighted by molar-refractivity contribution is -0.0595. The highest BCUT2D eigenvalue weighted by Crippen LogP contribution is 2.38. The fourth-order valence-corrected chi connectivity index (χ4v) is 5.20. The Morgan fingerprint density at radius 2 is 1.76 bits per heavy atom. The Morgan fingerprint density at radius 3 is 2.59 bits per heavy atom. The van der Waals surface area contributed by atoms with Gasteiger partial charge in [-0.3, -0.25) is 9.36 Å². The maximum atomic E-state index is 12.6. The number of fused-ring (bicyclic) bond motifs is 3. The number of anilines is 1. The average Bonchev–Trinajstić information content (AvgIpc) is 3.55. The fraction of sp³-hybridized carbons (Fsp3) is 0.226. The molecule has 0 saturated carbocycles. The molecule has 3 atom stereocenters. The van der Waals surface area contributed by atoms with Gasteiger partial charge in [0.25, 0.3) is 5.91 Å². The average molecular weight is 554 g/mol. The summed E-state index contributed by atoms with van der Waals surface area (Å²) in [5, 5.41) is 13.1. The van der Waals surface area contributed by atoms with E-state index in [1.165, 1.54) is 28.0 Å². The number of aliphatic hydroxyl groups is 1. The minimum absolute atomic E-state index is 0.0565. The molecule has 0 unspecified atom stereocenters. The Bertz CT molecular complexity index is 1650. The van der Waals surface area contributed by atoms with Crippen molar-refractivity contribution < 1.29 is 28.9 Å². The lowest BCUT2D eigenvalue weighted by Gasteiger charge is -2.16. The number of carbonyl (C=O) groups excluding carboxylic acids is 2. The van der Waals surface area contributed by atoms with Gasteiger partial charge in [0, 0.05) is 18.2 Å². The molecule has 1 saturated heterocycles. The summed E-state index contributed by atoms with van der Waals surface area (Å²) in [7, 11) is 0. The quantitative estimate of drug-likeness (QED) is 0.289. The molecule has 1 fully saturated rings. The first kappa shape index (κ1) is 26.4. The van der Waals surface area contributed by atoms with Crippen LogP contribution in [0.15, 0.2) is 89.9 Å². The van der Waals surface area contributed by atoms with Gasteiger partial charge in [0.2, 0.25) is 0 Å². The Morgan fingerprint density at radius 1 is 0.976 bits per heavy atom. The van der Waals surface area contributed by atoms with E-state index in [9.17, 15) is 19.5 Å². The van der Waals surface area contributed by atoms with Crippen LogP contribution in [0.3, 0.4) is 0 Å². The summed E-state index contributed by atoms with van der Waals surface area (Å²) in [6, 6.07) is 24.2. The van der Waals surface area contributed by atoms with Gasteiger partial charge in [0.15, 0.2) is 0 Å². The van der Waals surface area contributed by atoms with E-state index in [0.29, 0.717) is 5.56 Å². The van der Waals surface area contributed by atoms with Gasteiger partial charge >= 0.3 is 11.8 Å². The molecule has 2 heterocycles. The van der Waals surface area contributed by atoms with Gasteiger partial charge < -0.3 is 24.6 Å². The van der Waals surface area contributed by atoms with Crippen LogP contribution >= 0.6 is 0 Å². The number of aromatic nitrogens is 2. The monoisotopic (exact) mass is 553 g/mol. The second-order valence-corrected chi connectivity index (χ2v) is 9.88. The van der Waals surface area contributed by atoms with Crippen LogP contribution in [0.2, 0.25) is 0 Å². The second kappa shape index (κ2) is 11.4. The maximum Gasteiger partial charge on any atom is 0.508 e. The summed E-state index contributed by atoms with van der Waals surface area (Å²) in [6.45, 7) is -0.191. The first-order valence-electron chi connectivity index (χ1n) is 13.2. The van der Waals surface area contributed by atoms with Gasteiger partial charge in [0.05, 0.1) is 6.10 Å². The largest absolute Gasteiger partial charge is 0.508 e.